The highest BCUT2D eigenvalue weighted by molar-refractivity contribution is 9.10. The fraction of sp³-hybridized carbons (Fsp3) is 0.125. The molecule has 0 unspecified atom stereocenters. The second-order valence-corrected chi connectivity index (χ2v) is 9.35. The Bertz CT molecular complexity index is 1380. The molecule has 0 bridgehead atoms. The molecule has 3 aromatic rings. The predicted molar refractivity (Wildman–Crippen MR) is 133 cm³/mol. The maximum atomic E-state index is 13.2. The number of hydrogen-bond donors (Lipinski definition) is 1. The highest BCUT2D eigenvalue weighted by Gasteiger charge is 2.37. The van der Waals surface area contributed by atoms with Crippen molar-refractivity contribution in [1.82, 2.24) is 9.88 Å². The summed E-state index contributed by atoms with van der Waals surface area (Å²) in [5, 5.41) is 3.24. The van der Waals surface area contributed by atoms with Gasteiger partial charge in [0.1, 0.15) is 5.57 Å². The molecule has 0 aliphatic carbocycles. The number of nitrogens with one attached hydrogen (secondary N) is 1. The molecule has 4 rings (SSSR count). The van der Waals surface area contributed by atoms with Crippen LogP contribution in [0.3, 0.4) is 0 Å². The molecule has 1 fully saturated rings. The Morgan fingerprint density at radius 3 is 2.36 bits per heavy atom. The molecular formula is C24H18BrCl2N3O3. The van der Waals surface area contributed by atoms with E-state index in [1.807, 2.05) is 31.4 Å². The van der Waals surface area contributed by atoms with Gasteiger partial charge in [0, 0.05) is 20.9 Å². The SMILES string of the molecule is Cc1cc(N2C(=O)NC(=O)/C(=C\c3cc(C)n(-c4ccc(Cl)cc4Cl)c3C)C2=O)ccc1Br. The zero-order chi connectivity index (χ0) is 24.0. The Morgan fingerprint density at radius 2 is 1.70 bits per heavy atom. The Kier molecular flexibility index (Phi) is 6.22. The maximum absolute atomic E-state index is 13.2. The minimum Gasteiger partial charge on any atom is -0.316 e. The number of halogens is 3. The first-order valence-corrected chi connectivity index (χ1v) is 11.5. The number of carbonyl (C=O) groups is 3. The van der Waals surface area contributed by atoms with Crippen molar-refractivity contribution in [1.29, 1.82) is 0 Å². The second-order valence-electron chi connectivity index (χ2n) is 7.65. The van der Waals surface area contributed by atoms with Crippen molar-refractivity contribution in [3.05, 3.63) is 85.1 Å². The van der Waals surface area contributed by atoms with Gasteiger partial charge in [-0.2, -0.15) is 0 Å². The minimum absolute atomic E-state index is 0.141. The molecule has 1 saturated heterocycles. The van der Waals surface area contributed by atoms with E-state index in [2.05, 4.69) is 21.2 Å². The molecule has 4 amide bonds. The van der Waals surface area contributed by atoms with Crippen molar-refractivity contribution in [2.24, 2.45) is 0 Å². The molecule has 0 spiro atoms. The molecule has 0 radical (unpaired) electrons. The van der Waals surface area contributed by atoms with Crippen LogP contribution in [0.2, 0.25) is 10.0 Å². The van der Waals surface area contributed by atoms with Crippen molar-refractivity contribution in [2.45, 2.75) is 20.8 Å². The normalized spacial score (nSPS) is 15.4. The van der Waals surface area contributed by atoms with Crippen LogP contribution in [0, 0.1) is 20.8 Å². The lowest BCUT2D eigenvalue weighted by Gasteiger charge is -2.26. The van der Waals surface area contributed by atoms with Gasteiger partial charge < -0.3 is 4.57 Å². The van der Waals surface area contributed by atoms with E-state index in [1.165, 1.54) is 6.08 Å². The van der Waals surface area contributed by atoms with Crippen LogP contribution in [-0.4, -0.2) is 22.4 Å². The summed E-state index contributed by atoms with van der Waals surface area (Å²) in [6.45, 7) is 5.60. The maximum Gasteiger partial charge on any atom is 0.335 e. The lowest BCUT2D eigenvalue weighted by atomic mass is 10.1. The molecule has 2 aromatic carbocycles. The lowest BCUT2D eigenvalue weighted by molar-refractivity contribution is -0.122. The highest BCUT2D eigenvalue weighted by Crippen LogP contribution is 2.31. The average Bonchev–Trinajstić information content (AvgIpc) is 3.01. The number of rotatable bonds is 3. The number of benzene rings is 2. The van der Waals surface area contributed by atoms with Crippen LogP contribution in [-0.2, 0) is 9.59 Å². The van der Waals surface area contributed by atoms with Gasteiger partial charge in [0.25, 0.3) is 11.8 Å². The molecule has 1 aliphatic rings. The number of carbonyl (C=O) groups excluding carboxylic acids is 3. The summed E-state index contributed by atoms with van der Waals surface area (Å²) in [7, 11) is 0. The number of amides is 4. The van der Waals surface area contributed by atoms with E-state index in [0.29, 0.717) is 21.3 Å². The molecule has 1 aliphatic heterocycles. The highest BCUT2D eigenvalue weighted by atomic mass is 79.9. The smallest absolute Gasteiger partial charge is 0.316 e. The first-order valence-electron chi connectivity index (χ1n) is 9.90. The molecule has 6 nitrogen and oxygen atoms in total. The fourth-order valence-corrected chi connectivity index (χ4v) is 4.52. The average molecular weight is 547 g/mol. The van der Waals surface area contributed by atoms with Gasteiger partial charge in [0.15, 0.2) is 0 Å². The number of nitrogens with zero attached hydrogens (tertiary/aromatic N) is 2. The molecule has 0 saturated carbocycles. The predicted octanol–water partition coefficient (Wildman–Crippen LogP) is 6.14. The minimum atomic E-state index is -0.790. The monoisotopic (exact) mass is 545 g/mol. The first kappa shape index (κ1) is 23.3. The summed E-state index contributed by atoms with van der Waals surface area (Å²) in [4.78, 5) is 39.3. The summed E-state index contributed by atoms with van der Waals surface area (Å²) in [6.07, 6.45) is 1.49. The van der Waals surface area contributed by atoms with E-state index in [9.17, 15) is 14.4 Å². The van der Waals surface area contributed by atoms with Crippen molar-refractivity contribution in [3.8, 4) is 5.69 Å². The second kappa shape index (κ2) is 8.82. The molecule has 1 aromatic heterocycles. The van der Waals surface area contributed by atoms with Crippen LogP contribution in [0.25, 0.3) is 11.8 Å². The third kappa shape index (κ3) is 4.24. The van der Waals surface area contributed by atoms with Gasteiger partial charge >= 0.3 is 6.03 Å². The van der Waals surface area contributed by atoms with Crippen molar-refractivity contribution in [2.75, 3.05) is 4.90 Å². The molecule has 2 heterocycles. The molecule has 9 heteroatoms. The molecule has 1 N–H and O–H groups in total. The summed E-state index contributed by atoms with van der Waals surface area (Å²) >= 11 is 15.8. The van der Waals surface area contributed by atoms with Crippen LogP contribution in [0.5, 0.6) is 0 Å². The third-order valence-electron chi connectivity index (χ3n) is 5.42. The molecule has 168 valence electrons. The third-order valence-corrected chi connectivity index (χ3v) is 6.85. The Labute approximate surface area is 208 Å². The number of urea groups is 1. The number of imide groups is 2. The number of aromatic nitrogens is 1. The fourth-order valence-electron chi connectivity index (χ4n) is 3.78. The van der Waals surface area contributed by atoms with Crippen LogP contribution in [0.4, 0.5) is 10.5 Å². The summed E-state index contributed by atoms with van der Waals surface area (Å²) in [5.41, 5.74) is 4.07. The largest absolute Gasteiger partial charge is 0.335 e. The molecule has 33 heavy (non-hydrogen) atoms. The standard InChI is InChI=1S/C24H18BrCl2N3O3/c1-12-8-17(5-6-19(12)25)30-23(32)18(22(31)28-24(30)33)10-15-9-13(2)29(14(15)3)21-7-4-16(26)11-20(21)27/h4-11H,1-3H3,(H,28,31,33)/b18-10+. The summed E-state index contributed by atoms with van der Waals surface area (Å²) < 4.78 is 2.76. The topological polar surface area (TPSA) is 71.4 Å². The van der Waals surface area contributed by atoms with E-state index in [0.717, 1.165) is 32.0 Å². The Hall–Kier alpha value is -2.87. The van der Waals surface area contributed by atoms with Gasteiger partial charge in [0.2, 0.25) is 0 Å². The summed E-state index contributed by atoms with van der Waals surface area (Å²) in [6, 6.07) is 11.3. The number of hydrogen-bond acceptors (Lipinski definition) is 3. The van der Waals surface area contributed by atoms with Crippen LogP contribution in [0.15, 0.2) is 52.5 Å². The molecule has 0 atom stereocenters. The lowest BCUT2D eigenvalue weighted by Crippen LogP contribution is -2.54. The molecular weight excluding hydrogens is 529 g/mol. The van der Waals surface area contributed by atoms with E-state index < -0.39 is 17.8 Å². The summed E-state index contributed by atoms with van der Waals surface area (Å²) in [5.74, 6) is -1.44. The Balaban J connectivity index is 1.78. The zero-order valence-electron chi connectivity index (χ0n) is 17.9. The number of barbiturate groups is 1. The number of aryl methyl sites for hydroxylation is 2. The van der Waals surface area contributed by atoms with Crippen LogP contribution < -0.4 is 10.2 Å². The van der Waals surface area contributed by atoms with Gasteiger partial charge in [-0.3, -0.25) is 14.9 Å². The van der Waals surface area contributed by atoms with E-state index in [4.69, 9.17) is 23.2 Å². The van der Waals surface area contributed by atoms with Crippen LogP contribution in [0.1, 0.15) is 22.5 Å². The van der Waals surface area contributed by atoms with Crippen molar-refractivity contribution < 1.29 is 14.4 Å². The van der Waals surface area contributed by atoms with Crippen molar-refractivity contribution >= 4 is 68.7 Å². The zero-order valence-corrected chi connectivity index (χ0v) is 21.0. The van der Waals surface area contributed by atoms with Gasteiger partial charge in [-0.15, -0.1) is 0 Å². The van der Waals surface area contributed by atoms with Gasteiger partial charge in [-0.25, -0.2) is 9.69 Å². The van der Waals surface area contributed by atoms with E-state index >= 15 is 0 Å². The number of anilines is 1. The van der Waals surface area contributed by atoms with E-state index in [-0.39, 0.29) is 5.57 Å². The van der Waals surface area contributed by atoms with Gasteiger partial charge in [-0.05, 0) is 80.4 Å². The Morgan fingerprint density at radius 1 is 0.970 bits per heavy atom. The van der Waals surface area contributed by atoms with Crippen LogP contribution >= 0.6 is 39.1 Å². The quantitative estimate of drug-likeness (QED) is 0.317. The van der Waals surface area contributed by atoms with Gasteiger partial charge in [0.05, 0.1) is 16.4 Å². The van der Waals surface area contributed by atoms with E-state index in [1.54, 1.807) is 36.4 Å². The van der Waals surface area contributed by atoms with Gasteiger partial charge in [-0.1, -0.05) is 39.1 Å². The first-order chi connectivity index (χ1) is 15.6. The van der Waals surface area contributed by atoms with Crippen molar-refractivity contribution in [3.63, 3.8) is 0 Å².